The van der Waals surface area contributed by atoms with Gasteiger partial charge in [-0.15, -0.1) is 0 Å². The van der Waals surface area contributed by atoms with Crippen LogP contribution in [0.15, 0.2) is 23.1 Å². The van der Waals surface area contributed by atoms with Crippen LogP contribution in [0.1, 0.15) is 13.8 Å². The maximum absolute atomic E-state index is 13.8. The fourth-order valence-electron chi connectivity index (χ4n) is 1.51. The Morgan fingerprint density at radius 1 is 1.40 bits per heavy atom. The summed E-state index contributed by atoms with van der Waals surface area (Å²) in [5, 5.41) is -0.313. The Labute approximate surface area is 122 Å². The number of halogens is 2. The summed E-state index contributed by atoms with van der Waals surface area (Å²) in [5.41, 5.74) is 0. The minimum Gasteiger partial charge on any atom is -0.468 e. The minimum atomic E-state index is -4.22. The number of hydrogen-bond acceptors (Lipinski definition) is 4. The summed E-state index contributed by atoms with van der Waals surface area (Å²) in [4.78, 5) is 10.9. The van der Waals surface area contributed by atoms with Gasteiger partial charge in [-0.2, -0.15) is 4.72 Å². The van der Waals surface area contributed by atoms with E-state index in [1.54, 1.807) is 13.8 Å². The highest BCUT2D eigenvalue weighted by molar-refractivity contribution is 7.89. The topological polar surface area (TPSA) is 72.5 Å². The van der Waals surface area contributed by atoms with Crippen LogP contribution in [0.4, 0.5) is 4.39 Å². The molecule has 0 fully saturated rings. The van der Waals surface area contributed by atoms with Crippen molar-refractivity contribution in [1.29, 1.82) is 0 Å². The molecule has 112 valence electrons. The molecule has 1 aromatic rings. The molecule has 1 N–H and O–H groups in total. The predicted octanol–water partition coefficient (Wildman–Crippen LogP) is 1.95. The summed E-state index contributed by atoms with van der Waals surface area (Å²) < 4.78 is 44.7. The van der Waals surface area contributed by atoms with Crippen molar-refractivity contribution in [3.05, 3.63) is 29.0 Å². The molecule has 0 aromatic heterocycles. The van der Waals surface area contributed by atoms with Crippen LogP contribution in [0, 0.1) is 11.7 Å². The average Bonchev–Trinajstić information content (AvgIpc) is 2.37. The molecule has 1 aromatic carbocycles. The highest BCUT2D eigenvalue weighted by Crippen LogP contribution is 2.22. The van der Waals surface area contributed by atoms with Gasteiger partial charge in [-0.25, -0.2) is 12.8 Å². The van der Waals surface area contributed by atoms with Gasteiger partial charge < -0.3 is 4.74 Å². The third-order valence-electron chi connectivity index (χ3n) is 2.61. The maximum atomic E-state index is 13.8. The number of nitrogens with one attached hydrogen (secondary N) is 1. The minimum absolute atomic E-state index is 0.313. The smallest absolute Gasteiger partial charge is 0.324 e. The molecule has 0 bridgehead atoms. The lowest BCUT2D eigenvalue weighted by Gasteiger charge is -2.20. The first-order chi connectivity index (χ1) is 9.20. The zero-order valence-corrected chi connectivity index (χ0v) is 12.8. The van der Waals surface area contributed by atoms with Gasteiger partial charge in [0.1, 0.15) is 10.9 Å². The summed E-state index contributed by atoms with van der Waals surface area (Å²) in [6.07, 6.45) is 0. The second kappa shape index (κ2) is 6.51. The molecule has 0 aliphatic heterocycles. The van der Waals surface area contributed by atoms with Gasteiger partial charge in [0, 0.05) is 0 Å². The Morgan fingerprint density at radius 3 is 2.50 bits per heavy atom. The van der Waals surface area contributed by atoms with Gasteiger partial charge in [-0.1, -0.05) is 31.5 Å². The molecule has 0 saturated carbocycles. The first-order valence-corrected chi connectivity index (χ1v) is 7.61. The van der Waals surface area contributed by atoms with Crippen molar-refractivity contribution in [3.8, 4) is 0 Å². The number of carbonyl (C=O) groups is 1. The summed E-state index contributed by atoms with van der Waals surface area (Å²) in [6, 6.07) is 2.50. The molecule has 0 heterocycles. The van der Waals surface area contributed by atoms with E-state index < -0.39 is 32.7 Å². The number of hydrogen-bond donors (Lipinski definition) is 1. The number of ether oxygens (including phenoxy) is 1. The van der Waals surface area contributed by atoms with Crippen molar-refractivity contribution in [3.63, 3.8) is 0 Å². The zero-order chi connectivity index (χ0) is 15.5. The standard InChI is InChI=1S/C12H15ClFNO4S/c1-7(2)11(12(16)19-3)15-20(17,18)9-6-4-5-8(13)10(9)14/h4-7,11,15H,1-3H3. The monoisotopic (exact) mass is 323 g/mol. The van der Waals surface area contributed by atoms with Crippen LogP contribution in [0.25, 0.3) is 0 Å². The largest absolute Gasteiger partial charge is 0.468 e. The van der Waals surface area contributed by atoms with Crippen LogP contribution < -0.4 is 4.72 Å². The van der Waals surface area contributed by atoms with Crippen molar-refractivity contribution in [2.45, 2.75) is 24.8 Å². The van der Waals surface area contributed by atoms with E-state index in [0.717, 1.165) is 13.2 Å². The molecule has 8 heteroatoms. The first-order valence-electron chi connectivity index (χ1n) is 5.75. The lowest BCUT2D eigenvalue weighted by molar-refractivity contribution is -0.143. The average molecular weight is 324 g/mol. The zero-order valence-electron chi connectivity index (χ0n) is 11.2. The van der Waals surface area contributed by atoms with Gasteiger partial charge in [0.05, 0.1) is 12.1 Å². The van der Waals surface area contributed by atoms with E-state index in [0.29, 0.717) is 0 Å². The molecule has 0 aliphatic rings. The number of sulfonamides is 1. The van der Waals surface area contributed by atoms with Crippen molar-refractivity contribution in [1.82, 2.24) is 4.72 Å². The molecule has 0 saturated heterocycles. The maximum Gasteiger partial charge on any atom is 0.324 e. The Bertz CT molecular complexity index is 603. The van der Waals surface area contributed by atoms with Crippen LogP contribution in [0.2, 0.25) is 5.02 Å². The SMILES string of the molecule is COC(=O)C(NS(=O)(=O)c1cccc(Cl)c1F)C(C)C. The van der Waals surface area contributed by atoms with Gasteiger partial charge in [0.2, 0.25) is 10.0 Å². The number of benzene rings is 1. The van der Waals surface area contributed by atoms with Gasteiger partial charge >= 0.3 is 5.97 Å². The molecule has 1 rings (SSSR count). The third-order valence-corrected chi connectivity index (χ3v) is 4.36. The Kier molecular flexibility index (Phi) is 5.50. The van der Waals surface area contributed by atoms with Gasteiger partial charge in [0.25, 0.3) is 0 Å². The molecule has 0 spiro atoms. The molecular weight excluding hydrogens is 309 g/mol. The third kappa shape index (κ3) is 3.68. The second-order valence-electron chi connectivity index (χ2n) is 4.42. The molecular formula is C12H15ClFNO4S. The fourth-order valence-corrected chi connectivity index (χ4v) is 3.17. The summed E-state index contributed by atoms with van der Waals surface area (Å²) in [7, 11) is -3.08. The van der Waals surface area contributed by atoms with E-state index in [1.807, 2.05) is 0 Å². The molecule has 1 atom stereocenters. The molecule has 0 amide bonds. The van der Waals surface area contributed by atoms with E-state index in [2.05, 4.69) is 9.46 Å². The van der Waals surface area contributed by atoms with E-state index in [4.69, 9.17) is 11.6 Å². The highest BCUT2D eigenvalue weighted by Gasteiger charge is 2.30. The Hall–Kier alpha value is -1.18. The Balaban J connectivity index is 3.17. The Morgan fingerprint density at radius 2 is 2.00 bits per heavy atom. The van der Waals surface area contributed by atoms with Crippen molar-refractivity contribution in [2.75, 3.05) is 7.11 Å². The second-order valence-corrected chi connectivity index (χ2v) is 6.51. The van der Waals surface area contributed by atoms with Crippen LogP contribution in [-0.4, -0.2) is 27.5 Å². The number of rotatable bonds is 5. The van der Waals surface area contributed by atoms with E-state index in [9.17, 15) is 17.6 Å². The van der Waals surface area contributed by atoms with Crippen LogP contribution >= 0.6 is 11.6 Å². The van der Waals surface area contributed by atoms with Crippen LogP contribution in [0.3, 0.4) is 0 Å². The molecule has 1 unspecified atom stereocenters. The predicted molar refractivity (Wildman–Crippen MR) is 72.4 cm³/mol. The summed E-state index contributed by atoms with van der Waals surface area (Å²) >= 11 is 5.55. The van der Waals surface area contributed by atoms with Crippen molar-refractivity contribution in [2.24, 2.45) is 5.92 Å². The number of methoxy groups -OCH3 is 1. The normalized spacial score (nSPS) is 13.3. The van der Waals surface area contributed by atoms with Gasteiger partial charge in [-0.05, 0) is 18.1 Å². The lowest BCUT2D eigenvalue weighted by Crippen LogP contribution is -2.45. The lowest BCUT2D eigenvalue weighted by atomic mass is 10.1. The van der Waals surface area contributed by atoms with Gasteiger partial charge in [0.15, 0.2) is 5.82 Å². The van der Waals surface area contributed by atoms with Crippen LogP contribution in [-0.2, 0) is 19.6 Å². The fraction of sp³-hybridized carbons (Fsp3) is 0.417. The summed E-state index contributed by atoms with van der Waals surface area (Å²) in [5.74, 6) is -2.17. The molecule has 20 heavy (non-hydrogen) atoms. The molecule has 5 nitrogen and oxygen atoms in total. The van der Waals surface area contributed by atoms with Crippen molar-refractivity contribution < 1.29 is 22.3 Å². The van der Waals surface area contributed by atoms with E-state index in [1.165, 1.54) is 12.1 Å². The highest BCUT2D eigenvalue weighted by atomic mass is 35.5. The van der Waals surface area contributed by atoms with Crippen molar-refractivity contribution >= 4 is 27.6 Å². The van der Waals surface area contributed by atoms with E-state index >= 15 is 0 Å². The quantitative estimate of drug-likeness (QED) is 0.841. The first kappa shape index (κ1) is 16.9. The molecule has 0 aliphatic carbocycles. The van der Waals surface area contributed by atoms with E-state index in [-0.39, 0.29) is 10.9 Å². The number of carbonyl (C=O) groups excluding carboxylic acids is 1. The number of esters is 1. The van der Waals surface area contributed by atoms with Crippen LogP contribution in [0.5, 0.6) is 0 Å². The molecule has 0 radical (unpaired) electrons. The summed E-state index contributed by atoms with van der Waals surface area (Å²) in [6.45, 7) is 3.27. The van der Waals surface area contributed by atoms with Gasteiger partial charge in [-0.3, -0.25) is 4.79 Å².